The van der Waals surface area contributed by atoms with Crippen LogP contribution in [0.3, 0.4) is 0 Å². The van der Waals surface area contributed by atoms with Crippen LogP contribution >= 0.6 is 0 Å². The van der Waals surface area contributed by atoms with Gasteiger partial charge in [0, 0.05) is 20.1 Å². The van der Waals surface area contributed by atoms with Crippen LogP contribution in [0.2, 0.25) is 0 Å². The Morgan fingerprint density at radius 1 is 1.36 bits per heavy atom. The van der Waals surface area contributed by atoms with E-state index in [4.69, 9.17) is 14.2 Å². The van der Waals surface area contributed by atoms with Crippen LogP contribution in [0, 0.1) is 11.8 Å². The Labute approximate surface area is 85.7 Å². The molecule has 0 spiro atoms. The van der Waals surface area contributed by atoms with Gasteiger partial charge in [0.2, 0.25) is 0 Å². The van der Waals surface area contributed by atoms with E-state index in [1.165, 1.54) is 0 Å². The molecule has 0 radical (unpaired) electrons. The monoisotopic (exact) mass is 200 g/mol. The molecule has 0 aromatic carbocycles. The fourth-order valence-electron chi connectivity index (χ4n) is 3.51. The fourth-order valence-corrected chi connectivity index (χ4v) is 3.51. The van der Waals surface area contributed by atoms with Gasteiger partial charge in [-0.05, 0) is 19.3 Å². The first-order valence-corrected chi connectivity index (χ1v) is 5.34. The van der Waals surface area contributed by atoms with Crippen molar-refractivity contribution in [3.63, 3.8) is 0 Å². The van der Waals surface area contributed by atoms with Gasteiger partial charge in [-0.2, -0.15) is 0 Å². The minimum Gasteiger partial charge on any atom is -0.382 e. The van der Waals surface area contributed by atoms with Crippen molar-refractivity contribution in [2.75, 3.05) is 20.8 Å². The lowest BCUT2D eigenvalue weighted by Gasteiger charge is -2.32. The predicted molar refractivity (Wildman–Crippen MR) is 53.2 cm³/mol. The van der Waals surface area contributed by atoms with Crippen molar-refractivity contribution in [3.05, 3.63) is 0 Å². The number of methoxy groups -OCH3 is 2. The molecule has 1 saturated carbocycles. The maximum atomic E-state index is 6.01. The van der Waals surface area contributed by atoms with E-state index in [-0.39, 0.29) is 11.7 Å². The van der Waals surface area contributed by atoms with E-state index in [9.17, 15) is 0 Å². The van der Waals surface area contributed by atoms with E-state index in [1.54, 1.807) is 14.2 Å². The summed E-state index contributed by atoms with van der Waals surface area (Å²) in [6.45, 7) is 5.08. The molecule has 0 amide bonds. The van der Waals surface area contributed by atoms with Gasteiger partial charge in [-0.25, -0.2) is 0 Å². The zero-order valence-electron chi connectivity index (χ0n) is 9.45. The Kier molecular flexibility index (Phi) is 2.58. The van der Waals surface area contributed by atoms with Crippen molar-refractivity contribution in [1.29, 1.82) is 0 Å². The van der Waals surface area contributed by atoms with Gasteiger partial charge < -0.3 is 14.2 Å². The van der Waals surface area contributed by atoms with Crippen LogP contribution in [-0.2, 0) is 14.2 Å². The second-order valence-electron chi connectivity index (χ2n) is 4.74. The molecule has 5 atom stereocenters. The van der Waals surface area contributed by atoms with Crippen LogP contribution in [0.15, 0.2) is 0 Å². The summed E-state index contributed by atoms with van der Waals surface area (Å²) in [5.74, 6) is 1.22. The van der Waals surface area contributed by atoms with Crippen LogP contribution in [0.1, 0.15) is 20.3 Å². The van der Waals surface area contributed by atoms with Gasteiger partial charge in [0.1, 0.15) is 5.60 Å². The third kappa shape index (κ3) is 1.23. The molecule has 3 heteroatoms. The smallest absolute Gasteiger partial charge is 0.118 e. The number of rotatable bonds is 3. The van der Waals surface area contributed by atoms with Crippen molar-refractivity contribution in [3.8, 4) is 0 Å². The van der Waals surface area contributed by atoms with Crippen LogP contribution in [0.5, 0.6) is 0 Å². The minimum atomic E-state index is -0.174. The van der Waals surface area contributed by atoms with E-state index in [1.807, 2.05) is 0 Å². The third-order valence-electron chi connectivity index (χ3n) is 3.80. The molecule has 1 heterocycles. The minimum absolute atomic E-state index is 0.174. The van der Waals surface area contributed by atoms with E-state index >= 15 is 0 Å². The molecule has 82 valence electrons. The van der Waals surface area contributed by atoms with E-state index in [0.717, 1.165) is 6.42 Å². The van der Waals surface area contributed by atoms with Crippen molar-refractivity contribution in [1.82, 2.24) is 0 Å². The van der Waals surface area contributed by atoms with Crippen molar-refractivity contribution in [2.24, 2.45) is 11.8 Å². The summed E-state index contributed by atoms with van der Waals surface area (Å²) in [4.78, 5) is 0. The summed E-state index contributed by atoms with van der Waals surface area (Å²) in [5, 5.41) is 0. The summed E-state index contributed by atoms with van der Waals surface area (Å²) in [6, 6.07) is 0. The van der Waals surface area contributed by atoms with E-state index < -0.39 is 0 Å². The standard InChI is InChI=1S/C11H20O3/c1-7-5-11(6-12-3)10(13-4)9(7)8(2)14-11/h7-10H,5-6H2,1-4H3/t7-,8-,9?,10-,11?/m0/s1. The molecular weight excluding hydrogens is 180 g/mol. The van der Waals surface area contributed by atoms with Crippen molar-refractivity contribution in [2.45, 2.75) is 38.1 Å². The molecule has 0 N–H and O–H groups in total. The highest BCUT2D eigenvalue weighted by Crippen LogP contribution is 2.52. The topological polar surface area (TPSA) is 27.7 Å². The van der Waals surface area contributed by atoms with Gasteiger partial charge in [0.05, 0.1) is 18.8 Å². The Bertz CT molecular complexity index is 205. The average molecular weight is 200 g/mol. The zero-order valence-corrected chi connectivity index (χ0v) is 9.45. The lowest BCUT2D eigenvalue weighted by Crippen LogP contribution is -2.42. The van der Waals surface area contributed by atoms with Gasteiger partial charge >= 0.3 is 0 Å². The van der Waals surface area contributed by atoms with E-state index in [2.05, 4.69) is 13.8 Å². The largest absolute Gasteiger partial charge is 0.382 e. The van der Waals surface area contributed by atoms with Crippen molar-refractivity contribution >= 4 is 0 Å². The molecule has 0 aromatic heterocycles. The summed E-state index contributed by atoms with van der Waals surface area (Å²) >= 11 is 0. The van der Waals surface area contributed by atoms with Gasteiger partial charge in [-0.15, -0.1) is 0 Å². The van der Waals surface area contributed by atoms with Crippen LogP contribution < -0.4 is 0 Å². The second-order valence-corrected chi connectivity index (χ2v) is 4.74. The lowest BCUT2D eigenvalue weighted by atomic mass is 9.92. The molecule has 2 fully saturated rings. The lowest BCUT2D eigenvalue weighted by molar-refractivity contribution is -0.131. The molecule has 2 aliphatic rings. The summed E-state index contributed by atoms with van der Waals surface area (Å²) in [6.07, 6.45) is 1.58. The van der Waals surface area contributed by atoms with Gasteiger partial charge in [0.25, 0.3) is 0 Å². The molecule has 0 aromatic rings. The molecule has 1 saturated heterocycles. The first-order valence-electron chi connectivity index (χ1n) is 5.34. The van der Waals surface area contributed by atoms with Crippen LogP contribution in [0.25, 0.3) is 0 Å². The fraction of sp³-hybridized carbons (Fsp3) is 1.00. The first kappa shape index (κ1) is 10.4. The summed E-state index contributed by atoms with van der Waals surface area (Å²) in [5.41, 5.74) is -0.174. The number of hydrogen-bond acceptors (Lipinski definition) is 3. The molecule has 2 rings (SSSR count). The molecular formula is C11H20O3. The van der Waals surface area contributed by atoms with Crippen LogP contribution in [-0.4, -0.2) is 38.6 Å². The van der Waals surface area contributed by atoms with Gasteiger partial charge in [0.15, 0.2) is 0 Å². The van der Waals surface area contributed by atoms with Gasteiger partial charge in [-0.3, -0.25) is 0 Å². The molecule has 2 bridgehead atoms. The molecule has 3 nitrogen and oxygen atoms in total. The Hall–Kier alpha value is -0.120. The number of ether oxygens (including phenoxy) is 3. The molecule has 1 aliphatic heterocycles. The maximum Gasteiger partial charge on any atom is 0.118 e. The van der Waals surface area contributed by atoms with E-state index in [0.29, 0.717) is 24.5 Å². The summed E-state index contributed by atoms with van der Waals surface area (Å²) < 4.78 is 16.9. The normalized spacial score (nSPS) is 51.4. The summed E-state index contributed by atoms with van der Waals surface area (Å²) in [7, 11) is 3.51. The van der Waals surface area contributed by atoms with Crippen molar-refractivity contribution < 1.29 is 14.2 Å². The highest BCUT2D eigenvalue weighted by molar-refractivity contribution is 5.10. The molecule has 14 heavy (non-hydrogen) atoms. The third-order valence-corrected chi connectivity index (χ3v) is 3.80. The first-order chi connectivity index (χ1) is 6.64. The highest BCUT2D eigenvalue weighted by atomic mass is 16.6. The highest BCUT2D eigenvalue weighted by Gasteiger charge is 2.62. The van der Waals surface area contributed by atoms with Gasteiger partial charge in [-0.1, -0.05) is 6.92 Å². The second kappa shape index (κ2) is 3.47. The Morgan fingerprint density at radius 3 is 2.57 bits per heavy atom. The maximum absolute atomic E-state index is 6.01. The Morgan fingerprint density at radius 2 is 2.07 bits per heavy atom. The van der Waals surface area contributed by atoms with Crippen LogP contribution in [0.4, 0.5) is 0 Å². The number of hydrogen-bond donors (Lipinski definition) is 0. The Balaban J connectivity index is 2.23. The SMILES string of the molecule is COCC12C[C@H](C)C([C@H](C)O1)[C@@H]2OC. The average Bonchev–Trinajstić information content (AvgIpc) is 2.51. The quantitative estimate of drug-likeness (QED) is 0.690. The molecule has 2 unspecified atom stereocenters. The molecule has 1 aliphatic carbocycles. The predicted octanol–water partition coefficient (Wildman–Crippen LogP) is 1.46. The number of fused-ring (bicyclic) bond motifs is 2. The zero-order chi connectivity index (χ0) is 10.3.